The van der Waals surface area contributed by atoms with Crippen molar-refractivity contribution in [3.05, 3.63) is 21.8 Å². The molecule has 1 aliphatic rings. The van der Waals surface area contributed by atoms with E-state index in [1.54, 1.807) is 0 Å². The number of aromatic nitrogens is 1. The third kappa shape index (κ3) is 2.16. The van der Waals surface area contributed by atoms with Crippen molar-refractivity contribution >= 4 is 21.7 Å². The average molecular weight is 271 g/mol. The molecule has 0 spiro atoms. The molecule has 15 heavy (non-hydrogen) atoms. The van der Waals surface area contributed by atoms with Crippen molar-refractivity contribution in [3.63, 3.8) is 0 Å². The molecule has 0 amide bonds. The number of anilines is 1. The topological polar surface area (TPSA) is 25.4 Å². The van der Waals surface area contributed by atoms with Gasteiger partial charge in [-0.15, -0.1) is 0 Å². The van der Waals surface area contributed by atoms with Gasteiger partial charge in [0.15, 0.2) is 0 Å². The lowest BCUT2D eigenvalue weighted by atomic mass is 10.1. The minimum Gasteiger partial charge on any atom is -0.378 e. The summed E-state index contributed by atoms with van der Waals surface area (Å²) in [6, 6.07) is 0. The minimum absolute atomic E-state index is 0.802. The van der Waals surface area contributed by atoms with Crippen LogP contribution in [0.25, 0.3) is 0 Å². The molecule has 0 radical (unpaired) electrons. The molecule has 4 heteroatoms. The summed E-state index contributed by atoms with van der Waals surface area (Å²) >= 11 is 3.50. The van der Waals surface area contributed by atoms with Crippen molar-refractivity contribution in [1.82, 2.24) is 4.98 Å². The molecule has 0 atom stereocenters. The molecule has 1 aliphatic heterocycles. The lowest BCUT2D eigenvalue weighted by molar-refractivity contribution is 0.122. The number of hydrogen-bond acceptors (Lipinski definition) is 3. The standard InChI is InChI=1S/C11H15BrN2O/c1-8-9(2)11(13-7-10(8)12)14-3-5-15-6-4-14/h7H,3-6H2,1-2H3. The third-order valence-corrected chi connectivity index (χ3v) is 3.67. The van der Waals surface area contributed by atoms with Gasteiger partial charge in [-0.2, -0.15) is 0 Å². The first kappa shape index (κ1) is 10.9. The van der Waals surface area contributed by atoms with E-state index >= 15 is 0 Å². The van der Waals surface area contributed by atoms with Gasteiger partial charge in [-0.3, -0.25) is 0 Å². The van der Waals surface area contributed by atoms with Gasteiger partial charge in [0.2, 0.25) is 0 Å². The van der Waals surface area contributed by atoms with Gasteiger partial charge in [0, 0.05) is 23.8 Å². The largest absolute Gasteiger partial charge is 0.378 e. The smallest absolute Gasteiger partial charge is 0.131 e. The molecule has 2 rings (SSSR count). The van der Waals surface area contributed by atoms with E-state index in [1.807, 2.05) is 6.20 Å². The molecule has 1 fully saturated rings. The van der Waals surface area contributed by atoms with Crippen LogP contribution < -0.4 is 4.90 Å². The van der Waals surface area contributed by atoms with Crippen LogP contribution in [0.3, 0.4) is 0 Å². The first-order valence-corrected chi connectivity index (χ1v) is 5.94. The van der Waals surface area contributed by atoms with Crippen molar-refractivity contribution in [2.24, 2.45) is 0 Å². The van der Waals surface area contributed by atoms with E-state index in [0.717, 1.165) is 36.6 Å². The summed E-state index contributed by atoms with van der Waals surface area (Å²) in [4.78, 5) is 6.78. The second kappa shape index (κ2) is 4.49. The van der Waals surface area contributed by atoms with E-state index in [2.05, 4.69) is 39.7 Å². The zero-order valence-corrected chi connectivity index (χ0v) is 10.7. The fourth-order valence-corrected chi connectivity index (χ4v) is 2.15. The molecule has 82 valence electrons. The lowest BCUT2D eigenvalue weighted by Gasteiger charge is -2.29. The number of pyridine rings is 1. The third-order valence-electron chi connectivity index (χ3n) is 2.87. The predicted octanol–water partition coefficient (Wildman–Crippen LogP) is 2.30. The highest BCUT2D eigenvalue weighted by atomic mass is 79.9. The van der Waals surface area contributed by atoms with Crippen molar-refractivity contribution < 1.29 is 4.74 Å². The van der Waals surface area contributed by atoms with E-state index < -0.39 is 0 Å². The average Bonchev–Trinajstić information content (AvgIpc) is 2.27. The van der Waals surface area contributed by atoms with Crippen molar-refractivity contribution in [1.29, 1.82) is 0 Å². The molecule has 1 aromatic heterocycles. The Kier molecular flexibility index (Phi) is 3.26. The maximum atomic E-state index is 5.34. The Hall–Kier alpha value is -0.610. The van der Waals surface area contributed by atoms with Gasteiger partial charge < -0.3 is 9.64 Å². The Morgan fingerprint density at radius 2 is 1.93 bits per heavy atom. The molecule has 3 nitrogen and oxygen atoms in total. The molecule has 1 saturated heterocycles. The van der Waals surface area contributed by atoms with E-state index in [9.17, 15) is 0 Å². The zero-order valence-electron chi connectivity index (χ0n) is 9.09. The summed E-state index contributed by atoms with van der Waals surface area (Å²) in [6.45, 7) is 7.72. The molecule has 1 aromatic rings. The summed E-state index contributed by atoms with van der Waals surface area (Å²) in [5.41, 5.74) is 2.53. The monoisotopic (exact) mass is 270 g/mol. The quantitative estimate of drug-likeness (QED) is 0.783. The Morgan fingerprint density at radius 1 is 1.27 bits per heavy atom. The highest BCUT2D eigenvalue weighted by molar-refractivity contribution is 9.10. The fraction of sp³-hybridized carbons (Fsp3) is 0.545. The molecule has 0 aliphatic carbocycles. The van der Waals surface area contributed by atoms with Gasteiger partial charge in [0.05, 0.1) is 13.2 Å². The van der Waals surface area contributed by atoms with E-state index in [0.29, 0.717) is 0 Å². The number of rotatable bonds is 1. The number of nitrogens with zero attached hydrogens (tertiary/aromatic N) is 2. The van der Waals surface area contributed by atoms with E-state index in [1.165, 1.54) is 11.1 Å². The second-order valence-corrected chi connectivity index (χ2v) is 4.63. The van der Waals surface area contributed by atoms with Gasteiger partial charge in [-0.05, 0) is 40.9 Å². The van der Waals surface area contributed by atoms with Gasteiger partial charge in [0.25, 0.3) is 0 Å². The Labute approximate surface area is 98.6 Å². The number of hydrogen-bond donors (Lipinski definition) is 0. The first-order chi connectivity index (χ1) is 7.20. The Bertz CT molecular complexity index is 362. The van der Waals surface area contributed by atoms with Crippen LogP contribution >= 0.6 is 15.9 Å². The maximum absolute atomic E-state index is 5.34. The lowest BCUT2D eigenvalue weighted by Crippen LogP contribution is -2.37. The first-order valence-electron chi connectivity index (χ1n) is 5.14. The highest BCUT2D eigenvalue weighted by Gasteiger charge is 2.16. The van der Waals surface area contributed by atoms with Crippen LogP contribution in [-0.2, 0) is 4.74 Å². The van der Waals surface area contributed by atoms with Crippen LogP contribution in [0.2, 0.25) is 0 Å². The summed E-state index contributed by atoms with van der Waals surface area (Å²) in [5, 5.41) is 0. The number of morpholine rings is 1. The van der Waals surface area contributed by atoms with Crippen LogP contribution in [0, 0.1) is 13.8 Å². The normalized spacial score (nSPS) is 16.9. The van der Waals surface area contributed by atoms with Crippen molar-refractivity contribution in [2.75, 3.05) is 31.2 Å². The maximum Gasteiger partial charge on any atom is 0.131 e. The molecule has 0 unspecified atom stereocenters. The van der Waals surface area contributed by atoms with Crippen LogP contribution in [0.4, 0.5) is 5.82 Å². The minimum atomic E-state index is 0.802. The zero-order chi connectivity index (χ0) is 10.8. The van der Waals surface area contributed by atoms with Gasteiger partial charge in [-0.25, -0.2) is 4.98 Å². The van der Waals surface area contributed by atoms with Crippen LogP contribution in [0.15, 0.2) is 10.7 Å². The van der Waals surface area contributed by atoms with Crippen LogP contribution in [0.1, 0.15) is 11.1 Å². The number of ether oxygens (including phenoxy) is 1. The highest BCUT2D eigenvalue weighted by Crippen LogP contribution is 2.26. The van der Waals surface area contributed by atoms with Crippen molar-refractivity contribution in [2.45, 2.75) is 13.8 Å². The summed E-state index contributed by atoms with van der Waals surface area (Å²) < 4.78 is 6.42. The van der Waals surface area contributed by atoms with Gasteiger partial charge in [-0.1, -0.05) is 0 Å². The second-order valence-electron chi connectivity index (χ2n) is 3.78. The molecular formula is C11H15BrN2O. The van der Waals surface area contributed by atoms with Crippen LogP contribution in [-0.4, -0.2) is 31.3 Å². The molecule has 2 heterocycles. The molecule has 0 saturated carbocycles. The SMILES string of the molecule is Cc1c(Br)cnc(N2CCOCC2)c1C. The molecule has 0 N–H and O–H groups in total. The summed E-state index contributed by atoms with van der Waals surface area (Å²) in [7, 11) is 0. The fourth-order valence-electron chi connectivity index (χ4n) is 1.75. The summed E-state index contributed by atoms with van der Waals surface area (Å²) in [6.07, 6.45) is 1.88. The predicted molar refractivity (Wildman–Crippen MR) is 64.4 cm³/mol. The Morgan fingerprint density at radius 3 is 2.60 bits per heavy atom. The summed E-state index contributed by atoms with van der Waals surface area (Å²) in [5.74, 6) is 1.10. The van der Waals surface area contributed by atoms with Crippen LogP contribution in [0.5, 0.6) is 0 Å². The van der Waals surface area contributed by atoms with Gasteiger partial charge >= 0.3 is 0 Å². The number of halogens is 1. The molecule has 0 aromatic carbocycles. The van der Waals surface area contributed by atoms with Crippen molar-refractivity contribution in [3.8, 4) is 0 Å². The van der Waals surface area contributed by atoms with E-state index in [4.69, 9.17) is 4.74 Å². The Balaban J connectivity index is 2.31. The van der Waals surface area contributed by atoms with E-state index in [-0.39, 0.29) is 0 Å². The molecular weight excluding hydrogens is 256 g/mol. The molecule has 0 bridgehead atoms. The van der Waals surface area contributed by atoms with Gasteiger partial charge in [0.1, 0.15) is 5.82 Å².